The van der Waals surface area contributed by atoms with E-state index in [1.807, 2.05) is 6.92 Å². The van der Waals surface area contributed by atoms with Crippen LogP contribution in [0.3, 0.4) is 0 Å². The second-order valence-corrected chi connectivity index (χ2v) is 3.54. The summed E-state index contributed by atoms with van der Waals surface area (Å²) in [6.45, 7) is 2.02. The van der Waals surface area contributed by atoms with Crippen molar-refractivity contribution in [1.82, 2.24) is 15.0 Å². The molecule has 2 heterocycles. The number of nitrogen functional groups attached to an aromatic ring is 1. The van der Waals surface area contributed by atoms with E-state index in [4.69, 9.17) is 10.5 Å². The minimum Gasteiger partial charge on any atom is -0.496 e. The lowest BCUT2D eigenvalue weighted by molar-refractivity contribution is 0.415. The Bertz CT molecular complexity index is 528. The molecule has 0 bridgehead atoms. The van der Waals surface area contributed by atoms with Gasteiger partial charge in [-0.15, -0.1) is 0 Å². The van der Waals surface area contributed by atoms with E-state index in [-0.39, 0.29) is 0 Å². The highest BCUT2D eigenvalue weighted by atomic mass is 16.5. The van der Waals surface area contributed by atoms with Gasteiger partial charge in [-0.2, -0.15) is 0 Å². The summed E-state index contributed by atoms with van der Waals surface area (Å²) in [6.07, 6.45) is 4.14. The van der Waals surface area contributed by atoms with Gasteiger partial charge in [-0.1, -0.05) is 6.92 Å². The van der Waals surface area contributed by atoms with Crippen molar-refractivity contribution < 1.29 is 4.74 Å². The lowest BCUT2D eigenvalue weighted by Gasteiger charge is -2.08. The molecule has 0 aromatic carbocycles. The maximum atomic E-state index is 5.75. The number of anilines is 1. The Balaban J connectivity index is 2.55. The molecule has 0 saturated carbocycles. The fraction of sp³-hybridized carbons (Fsp3) is 0.250. The Kier molecular flexibility index (Phi) is 3.18. The average Bonchev–Trinajstić information content (AvgIpc) is 2.37. The molecule has 0 aliphatic rings. The van der Waals surface area contributed by atoms with Gasteiger partial charge in [0.2, 0.25) is 0 Å². The van der Waals surface area contributed by atoms with Gasteiger partial charge < -0.3 is 10.5 Å². The summed E-state index contributed by atoms with van der Waals surface area (Å²) in [5, 5.41) is 0. The molecule has 0 unspecified atom stereocenters. The van der Waals surface area contributed by atoms with Crippen molar-refractivity contribution in [1.29, 1.82) is 0 Å². The fourth-order valence-electron chi connectivity index (χ4n) is 1.55. The first kappa shape index (κ1) is 11.3. The maximum Gasteiger partial charge on any atom is 0.167 e. The van der Waals surface area contributed by atoms with Crippen molar-refractivity contribution in [2.45, 2.75) is 13.3 Å². The van der Waals surface area contributed by atoms with Crippen LogP contribution in [0.2, 0.25) is 0 Å². The average molecular weight is 230 g/mol. The summed E-state index contributed by atoms with van der Waals surface area (Å²) < 4.78 is 5.25. The van der Waals surface area contributed by atoms with E-state index in [0.29, 0.717) is 17.4 Å². The third-order valence-corrected chi connectivity index (χ3v) is 2.40. The quantitative estimate of drug-likeness (QED) is 0.868. The van der Waals surface area contributed by atoms with Gasteiger partial charge in [0.25, 0.3) is 0 Å². The van der Waals surface area contributed by atoms with Crippen LogP contribution in [0, 0.1) is 0 Å². The number of hydrogen-bond donors (Lipinski definition) is 1. The molecule has 2 aromatic heterocycles. The molecule has 0 atom stereocenters. The molecule has 88 valence electrons. The zero-order chi connectivity index (χ0) is 12.3. The zero-order valence-corrected chi connectivity index (χ0v) is 9.84. The molecule has 0 spiro atoms. The second kappa shape index (κ2) is 4.78. The highest BCUT2D eigenvalue weighted by molar-refractivity contribution is 5.63. The number of rotatable bonds is 3. The molecular formula is C12H14N4O. The Morgan fingerprint density at radius 2 is 2.18 bits per heavy atom. The minimum absolute atomic E-state index is 0.456. The van der Waals surface area contributed by atoms with Crippen LogP contribution in [0.25, 0.3) is 11.4 Å². The van der Waals surface area contributed by atoms with E-state index in [0.717, 1.165) is 17.7 Å². The maximum absolute atomic E-state index is 5.75. The van der Waals surface area contributed by atoms with Crippen molar-refractivity contribution in [3.05, 3.63) is 30.2 Å². The van der Waals surface area contributed by atoms with E-state index in [1.165, 1.54) is 0 Å². The van der Waals surface area contributed by atoms with Gasteiger partial charge in [0.05, 0.1) is 12.7 Å². The fourth-order valence-corrected chi connectivity index (χ4v) is 1.55. The number of nitrogens with two attached hydrogens (primary N) is 1. The van der Waals surface area contributed by atoms with E-state index < -0.39 is 0 Å². The van der Waals surface area contributed by atoms with E-state index in [2.05, 4.69) is 15.0 Å². The number of ether oxygens (including phenoxy) is 1. The highest BCUT2D eigenvalue weighted by Gasteiger charge is 2.10. The predicted molar refractivity (Wildman–Crippen MR) is 65.6 cm³/mol. The molecule has 0 amide bonds. The number of hydrogen-bond acceptors (Lipinski definition) is 5. The first-order valence-electron chi connectivity index (χ1n) is 5.36. The Morgan fingerprint density at radius 1 is 1.35 bits per heavy atom. The molecule has 0 saturated heterocycles. The number of aromatic nitrogens is 3. The molecule has 2 N–H and O–H groups in total. The van der Waals surface area contributed by atoms with Crippen LogP contribution in [0.15, 0.2) is 24.5 Å². The number of methoxy groups -OCH3 is 1. The second-order valence-electron chi connectivity index (χ2n) is 3.54. The SMILES string of the molecule is CCc1cc(N)nc(-c2cnccc2OC)n1. The van der Waals surface area contributed by atoms with Crippen molar-refractivity contribution in [3.63, 3.8) is 0 Å². The van der Waals surface area contributed by atoms with Gasteiger partial charge in [0, 0.05) is 24.2 Å². The predicted octanol–water partition coefficient (Wildman–Crippen LogP) is 1.69. The molecule has 0 aliphatic carbocycles. The molecule has 0 aliphatic heterocycles. The van der Waals surface area contributed by atoms with Gasteiger partial charge in [0.1, 0.15) is 11.6 Å². The van der Waals surface area contributed by atoms with Crippen molar-refractivity contribution >= 4 is 5.82 Å². The Hall–Kier alpha value is -2.17. The minimum atomic E-state index is 0.456. The third-order valence-electron chi connectivity index (χ3n) is 2.40. The molecule has 17 heavy (non-hydrogen) atoms. The van der Waals surface area contributed by atoms with E-state index in [1.54, 1.807) is 31.6 Å². The molecule has 0 fully saturated rings. The Labute approximate surface area is 99.7 Å². The largest absolute Gasteiger partial charge is 0.496 e. The monoisotopic (exact) mass is 230 g/mol. The summed E-state index contributed by atoms with van der Waals surface area (Å²) in [4.78, 5) is 12.7. The van der Waals surface area contributed by atoms with E-state index >= 15 is 0 Å². The topological polar surface area (TPSA) is 73.9 Å². The summed E-state index contributed by atoms with van der Waals surface area (Å²) in [6, 6.07) is 3.54. The van der Waals surface area contributed by atoms with Crippen LogP contribution in [0.5, 0.6) is 5.75 Å². The van der Waals surface area contributed by atoms with Crippen molar-refractivity contribution in [2.75, 3.05) is 12.8 Å². The van der Waals surface area contributed by atoms with Gasteiger partial charge in [-0.3, -0.25) is 4.98 Å². The van der Waals surface area contributed by atoms with Crippen LogP contribution >= 0.6 is 0 Å². The van der Waals surface area contributed by atoms with E-state index in [9.17, 15) is 0 Å². The lowest BCUT2D eigenvalue weighted by atomic mass is 10.2. The summed E-state index contributed by atoms with van der Waals surface area (Å²) >= 11 is 0. The van der Waals surface area contributed by atoms with Crippen LogP contribution in [-0.2, 0) is 6.42 Å². The van der Waals surface area contributed by atoms with Gasteiger partial charge in [-0.25, -0.2) is 9.97 Å². The summed E-state index contributed by atoms with van der Waals surface area (Å²) in [5.74, 6) is 1.69. The smallest absolute Gasteiger partial charge is 0.167 e. The van der Waals surface area contributed by atoms with Gasteiger partial charge in [-0.05, 0) is 12.5 Å². The van der Waals surface area contributed by atoms with Crippen molar-refractivity contribution in [3.8, 4) is 17.1 Å². The first-order chi connectivity index (χ1) is 8.24. The normalized spacial score (nSPS) is 10.2. The molecule has 2 aromatic rings. The number of aryl methyl sites for hydroxylation is 1. The molecule has 5 heteroatoms. The highest BCUT2D eigenvalue weighted by Crippen LogP contribution is 2.26. The standard InChI is InChI=1S/C12H14N4O/c1-3-8-6-11(13)16-12(15-8)9-7-14-5-4-10(9)17-2/h4-7H,3H2,1-2H3,(H2,13,15,16). The summed E-state index contributed by atoms with van der Waals surface area (Å²) in [7, 11) is 1.60. The molecule has 2 rings (SSSR count). The van der Waals surface area contributed by atoms with Crippen LogP contribution in [-0.4, -0.2) is 22.1 Å². The lowest BCUT2D eigenvalue weighted by Crippen LogP contribution is -2.01. The van der Waals surface area contributed by atoms with Gasteiger partial charge >= 0.3 is 0 Å². The first-order valence-corrected chi connectivity index (χ1v) is 5.36. The molecule has 5 nitrogen and oxygen atoms in total. The molecule has 0 radical (unpaired) electrons. The van der Waals surface area contributed by atoms with Crippen LogP contribution in [0.4, 0.5) is 5.82 Å². The van der Waals surface area contributed by atoms with Gasteiger partial charge in [0.15, 0.2) is 5.82 Å². The van der Waals surface area contributed by atoms with Crippen molar-refractivity contribution in [2.24, 2.45) is 0 Å². The number of nitrogens with zero attached hydrogens (tertiary/aromatic N) is 3. The number of pyridine rings is 1. The summed E-state index contributed by atoms with van der Waals surface area (Å²) in [5.41, 5.74) is 7.40. The zero-order valence-electron chi connectivity index (χ0n) is 9.84. The Morgan fingerprint density at radius 3 is 2.88 bits per heavy atom. The van der Waals surface area contributed by atoms with Crippen LogP contribution < -0.4 is 10.5 Å². The third kappa shape index (κ3) is 2.33. The molecular weight excluding hydrogens is 216 g/mol. The van der Waals surface area contributed by atoms with Crippen LogP contribution in [0.1, 0.15) is 12.6 Å².